The van der Waals surface area contributed by atoms with Gasteiger partial charge in [0.15, 0.2) is 6.61 Å². The van der Waals surface area contributed by atoms with Gasteiger partial charge in [-0.3, -0.25) is 9.59 Å². The minimum atomic E-state index is -0.721. The van der Waals surface area contributed by atoms with Crippen LogP contribution in [0.25, 0.3) is 0 Å². The van der Waals surface area contributed by atoms with Crippen molar-refractivity contribution in [2.24, 2.45) is 0 Å². The van der Waals surface area contributed by atoms with Crippen LogP contribution in [0, 0.1) is 5.82 Å². The number of halogens is 1. The number of rotatable bonds is 11. The Morgan fingerprint density at radius 1 is 0.912 bits per heavy atom. The summed E-state index contributed by atoms with van der Waals surface area (Å²) in [5, 5.41) is 3.04. The van der Waals surface area contributed by atoms with E-state index in [-0.39, 0.29) is 36.8 Å². The summed E-state index contributed by atoms with van der Waals surface area (Å²) in [6, 6.07) is 24.0. The van der Waals surface area contributed by atoms with E-state index < -0.39 is 6.04 Å². The Balaban J connectivity index is 1.88. The monoisotopic (exact) mass is 462 g/mol. The van der Waals surface area contributed by atoms with Crippen LogP contribution in [0.5, 0.6) is 5.75 Å². The Labute approximate surface area is 200 Å². The molecule has 34 heavy (non-hydrogen) atoms. The van der Waals surface area contributed by atoms with Crippen LogP contribution in [0.4, 0.5) is 4.39 Å². The number of carbonyl (C=O) groups is 2. The van der Waals surface area contributed by atoms with Crippen molar-refractivity contribution in [1.29, 1.82) is 0 Å². The maximum absolute atomic E-state index is 13.4. The van der Waals surface area contributed by atoms with Gasteiger partial charge in [-0.15, -0.1) is 0 Å². The highest BCUT2D eigenvalue weighted by molar-refractivity contribution is 5.88. The number of amides is 2. The fourth-order valence-corrected chi connectivity index (χ4v) is 3.53. The van der Waals surface area contributed by atoms with E-state index in [1.807, 2.05) is 74.5 Å². The molecular formula is C28H31FN2O3. The fraction of sp³-hybridized carbons (Fsp3) is 0.286. The average Bonchev–Trinajstić information content (AvgIpc) is 2.86. The molecule has 3 aromatic carbocycles. The summed E-state index contributed by atoms with van der Waals surface area (Å²) in [5.41, 5.74) is 1.86. The first-order valence-electron chi connectivity index (χ1n) is 11.5. The highest BCUT2D eigenvalue weighted by atomic mass is 19.1. The van der Waals surface area contributed by atoms with Gasteiger partial charge in [0.1, 0.15) is 17.6 Å². The van der Waals surface area contributed by atoms with Gasteiger partial charge in [0.05, 0.1) is 0 Å². The lowest BCUT2D eigenvalue weighted by molar-refractivity contribution is -0.143. The molecule has 3 aromatic rings. The highest BCUT2D eigenvalue weighted by Gasteiger charge is 2.31. The van der Waals surface area contributed by atoms with Crippen LogP contribution in [0.3, 0.4) is 0 Å². The summed E-state index contributed by atoms with van der Waals surface area (Å²) in [5.74, 6) is -0.523. The molecule has 0 saturated heterocycles. The van der Waals surface area contributed by atoms with E-state index in [4.69, 9.17) is 4.74 Å². The second-order valence-electron chi connectivity index (χ2n) is 8.27. The summed E-state index contributed by atoms with van der Waals surface area (Å²) in [6.45, 7) is 3.94. The fourth-order valence-electron chi connectivity index (χ4n) is 3.53. The first kappa shape index (κ1) is 25.0. The lowest BCUT2D eigenvalue weighted by Crippen LogP contribution is -2.53. The lowest BCUT2D eigenvalue weighted by atomic mass is 10.0. The van der Waals surface area contributed by atoms with E-state index in [9.17, 15) is 14.0 Å². The maximum Gasteiger partial charge on any atom is 0.261 e. The highest BCUT2D eigenvalue weighted by Crippen LogP contribution is 2.17. The number of hydrogen-bond acceptors (Lipinski definition) is 3. The van der Waals surface area contributed by atoms with Crippen molar-refractivity contribution >= 4 is 11.8 Å². The second kappa shape index (κ2) is 12.5. The molecule has 0 aliphatic rings. The second-order valence-corrected chi connectivity index (χ2v) is 8.27. The van der Waals surface area contributed by atoms with Crippen LogP contribution >= 0.6 is 0 Å². The SMILES string of the molecule is CC[C@H](C)NC(=O)[C@H](Cc1ccccc1)N(Cc1ccccc1)C(=O)COc1ccc(F)cc1. The summed E-state index contributed by atoms with van der Waals surface area (Å²) in [6.07, 6.45) is 1.16. The zero-order chi connectivity index (χ0) is 24.3. The van der Waals surface area contributed by atoms with Gasteiger partial charge in [0, 0.05) is 19.0 Å². The van der Waals surface area contributed by atoms with Crippen molar-refractivity contribution in [3.63, 3.8) is 0 Å². The molecule has 0 bridgehead atoms. The molecule has 0 radical (unpaired) electrons. The van der Waals surface area contributed by atoms with E-state index in [1.165, 1.54) is 24.3 Å². The number of benzene rings is 3. The zero-order valence-electron chi connectivity index (χ0n) is 19.6. The molecule has 178 valence electrons. The van der Waals surface area contributed by atoms with Crippen LogP contribution in [0.2, 0.25) is 0 Å². The summed E-state index contributed by atoms with van der Waals surface area (Å²) in [4.78, 5) is 28.4. The average molecular weight is 463 g/mol. The zero-order valence-corrected chi connectivity index (χ0v) is 19.6. The Hall–Kier alpha value is -3.67. The van der Waals surface area contributed by atoms with Crippen LogP contribution in [0.1, 0.15) is 31.4 Å². The van der Waals surface area contributed by atoms with Crippen molar-refractivity contribution in [3.8, 4) is 5.75 Å². The topological polar surface area (TPSA) is 58.6 Å². The number of ether oxygens (including phenoxy) is 1. The standard InChI is InChI=1S/C28H31FN2O3/c1-3-21(2)30-28(33)26(18-22-10-6-4-7-11-22)31(19-23-12-8-5-9-13-23)27(32)20-34-25-16-14-24(29)15-17-25/h4-17,21,26H,3,18-20H2,1-2H3,(H,30,33)/t21-,26-/m0/s1. The van der Waals surface area contributed by atoms with Gasteiger partial charge in [0.2, 0.25) is 5.91 Å². The van der Waals surface area contributed by atoms with Gasteiger partial charge in [-0.05, 0) is 48.7 Å². The van der Waals surface area contributed by atoms with Gasteiger partial charge in [0.25, 0.3) is 5.91 Å². The Morgan fingerprint density at radius 3 is 2.09 bits per heavy atom. The molecule has 0 aliphatic carbocycles. The number of hydrogen-bond donors (Lipinski definition) is 1. The van der Waals surface area contributed by atoms with E-state index >= 15 is 0 Å². The quantitative estimate of drug-likeness (QED) is 0.447. The van der Waals surface area contributed by atoms with E-state index in [2.05, 4.69) is 5.32 Å². The van der Waals surface area contributed by atoms with Gasteiger partial charge >= 0.3 is 0 Å². The largest absolute Gasteiger partial charge is 0.484 e. The first-order valence-corrected chi connectivity index (χ1v) is 11.5. The van der Waals surface area contributed by atoms with Crippen LogP contribution in [-0.2, 0) is 22.6 Å². The van der Waals surface area contributed by atoms with Crippen molar-refractivity contribution in [2.75, 3.05) is 6.61 Å². The summed E-state index contributed by atoms with van der Waals surface area (Å²) >= 11 is 0. The molecule has 3 rings (SSSR count). The molecule has 0 aliphatic heterocycles. The lowest BCUT2D eigenvalue weighted by Gasteiger charge is -2.32. The van der Waals surface area contributed by atoms with Crippen molar-refractivity contribution < 1.29 is 18.7 Å². The minimum Gasteiger partial charge on any atom is -0.484 e. The maximum atomic E-state index is 13.4. The molecular weight excluding hydrogens is 431 g/mol. The number of carbonyl (C=O) groups excluding carboxylic acids is 2. The van der Waals surface area contributed by atoms with Crippen LogP contribution < -0.4 is 10.1 Å². The minimum absolute atomic E-state index is 0.0186. The van der Waals surface area contributed by atoms with Crippen molar-refractivity contribution in [1.82, 2.24) is 10.2 Å². The van der Waals surface area contributed by atoms with Crippen LogP contribution in [0.15, 0.2) is 84.9 Å². The van der Waals surface area contributed by atoms with Gasteiger partial charge < -0.3 is 15.0 Å². The number of nitrogens with zero attached hydrogens (tertiary/aromatic N) is 1. The normalized spacial score (nSPS) is 12.4. The molecule has 0 aromatic heterocycles. The molecule has 0 saturated carbocycles. The summed E-state index contributed by atoms with van der Waals surface area (Å²) in [7, 11) is 0. The van der Waals surface area contributed by atoms with E-state index in [0.717, 1.165) is 17.5 Å². The van der Waals surface area contributed by atoms with Crippen molar-refractivity contribution in [3.05, 3.63) is 102 Å². The van der Waals surface area contributed by atoms with Gasteiger partial charge in [-0.1, -0.05) is 67.6 Å². The molecule has 1 N–H and O–H groups in total. The molecule has 0 spiro atoms. The third-order valence-corrected chi connectivity index (χ3v) is 5.64. The summed E-state index contributed by atoms with van der Waals surface area (Å²) < 4.78 is 18.9. The smallest absolute Gasteiger partial charge is 0.261 e. The molecule has 5 nitrogen and oxygen atoms in total. The van der Waals surface area contributed by atoms with Crippen LogP contribution in [-0.4, -0.2) is 35.4 Å². The molecule has 2 atom stereocenters. The molecule has 0 heterocycles. The van der Waals surface area contributed by atoms with Gasteiger partial charge in [-0.2, -0.15) is 0 Å². The Morgan fingerprint density at radius 2 is 1.50 bits per heavy atom. The third kappa shape index (κ3) is 7.44. The van der Waals surface area contributed by atoms with E-state index in [1.54, 1.807) is 4.90 Å². The Bertz CT molecular complexity index is 1040. The predicted molar refractivity (Wildman–Crippen MR) is 131 cm³/mol. The first-order chi connectivity index (χ1) is 16.5. The molecule has 6 heteroatoms. The predicted octanol–water partition coefficient (Wildman–Crippen LogP) is 4.76. The number of nitrogens with one attached hydrogen (secondary N) is 1. The molecule has 0 fully saturated rings. The molecule has 2 amide bonds. The van der Waals surface area contributed by atoms with Crippen molar-refractivity contribution in [2.45, 2.75) is 45.3 Å². The Kier molecular flexibility index (Phi) is 9.21. The van der Waals surface area contributed by atoms with E-state index in [0.29, 0.717) is 12.2 Å². The third-order valence-electron chi connectivity index (χ3n) is 5.64. The molecule has 0 unspecified atom stereocenters. The van der Waals surface area contributed by atoms with Gasteiger partial charge in [-0.25, -0.2) is 4.39 Å².